The Hall–Kier alpha value is -3.18. The zero-order chi connectivity index (χ0) is 19.3. The molecular weight excluding hydrogens is 358 g/mol. The van der Waals surface area contributed by atoms with E-state index < -0.39 is 15.7 Å². The third-order valence-electron chi connectivity index (χ3n) is 3.99. The molecule has 0 fully saturated rings. The molecule has 1 N–H and O–H groups in total. The summed E-state index contributed by atoms with van der Waals surface area (Å²) in [5.74, 6) is -0.478. The summed E-state index contributed by atoms with van der Waals surface area (Å²) in [6.07, 6.45) is 1.47. The lowest BCUT2D eigenvalue weighted by molar-refractivity contribution is 0.0968. The van der Waals surface area contributed by atoms with Gasteiger partial charge in [-0.2, -0.15) is 0 Å². The van der Waals surface area contributed by atoms with Crippen LogP contribution in [0.1, 0.15) is 21.5 Å². The summed E-state index contributed by atoms with van der Waals surface area (Å²) in [5.41, 5.74) is 2.02. The molecule has 0 unspecified atom stereocenters. The van der Waals surface area contributed by atoms with Crippen LogP contribution in [0.15, 0.2) is 94.9 Å². The number of nitrogens with one attached hydrogen (secondary N) is 1. The number of benzene rings is 3. The van der Waals surface area contributed by atoms with Crippen molar-refractivity contribution in [3.05, 3.63) is 107 Å². The van der Waals surface area contributed by atoms with Crippen LogP contribution in [0.25, 0.3) is 6.08 Å². The first-order chi connectivity index (χ1) is 13.0. The SMILES string of the molecule is Cc1ccc(S(=O)(=O)/C(=C/c2ccccc2)NC(=O)c2ccccc2)cc1. The fraction of sp³-hybridized carbons (Fsp3) is 0.0455. The Bertz CT molecular complexity index is 1060. The molecule has 3 aromatic rings. The van der Waals surface area contributed by atoms with Gasteiger partial charge in [-0.1, -0.05) is 66.2 Å². The van der Waals surface area contributed by atoms with Gasteiger partial charge in [-0.3, -0.25) is 4.79 Å². The third kappa shape index (κ3) is 4.51. The molecule has 0 atom stereocenters. The Morgan fingerprint density at radius 3 is 1.96 bits per heavy atom. The molecule has 0 saturated carbocycles. The van der Waals surface area contributed by atoms with Crippen molar-refractivity contribution in [2.75, 3.05) is 0 Å². The number of carbonyl (C=O) groups is 1. The van der Waals surface area contributed by atoms with Gasteiger partial charge in [0.2, 0.25) is 9.84 Å². The molecule has 0 spiro atoms. The lowest BCUT2D eigenvalue weighted by Crippen LogP contribution is -2.27. The van der Waals surface area contributed by atoms with E-state index in [-0.39, 0.29) is 9.92 Å². The summed E-state index contributed by atoms with van der Waals surface area (Å²) in [6, 6.07) is 24.1. The standard InChI is InChI=1S/C22H19NO3S/c1-17-12-14-20(15-13-17)27(25,26)21(16-18-8-4-2-5-9-18)23-22(24)19-10-6-3-7-11-19/h2-16H,1H3,(H,23,24)/b21-16+. The zero-order valence-electron chi connectivity index (χ0n) is 14.8. The van der Waals surface area contributed by atoms with Crippen LogP contribution in [-0.2, 0) is 9.84 Å². The topological polar surface area (TPSA) is 63.2 Å². The Labute approximate surface area is 159 Å². The first kappa shape index (κ1) is 18.6. The highest BCUT2D eigenvalue weighted by Gasteiger charge is 2.23. The Morgan fingerprint density at radius 2 is 1.37 bits per heavy atom. The van der Waals surface area contributed by atoms with Gasteiger partial charge in [-0.15, -0.1) is 0 Å². The van der Waals surface area contributed by atoms with E-state index in [1.54, 1.807) is 66.7 Å². The maximum atomic E-state index is 13.1. The summed E-state index contributed by atoms with van der Waals surface area (Å²) < 4.78 is 26.3. The first-order valence-corrected chi connectivity index (χ1v) is 9.90. The molecule has 0 aliphatic heterocycles. The highest BCUT2D eigenvalue weighted by atomic mass is 32.2. The van der Waals surface area contributed by atoms with Crippen molar-refractivity contribution in [2.45, 2.75) is 11.8 Å². The van der Waals surface area contributed by atoms with Gasteiger partial charge in [0.1, 0.15) is 5.03 Å². The van der Waals surface area contributed by atoms with E-state index in [1.165, 1.54) is 18.2 Å². The molecule has 0 aliphatic rings. The van der Waals surface area contributed by atoms with E-state index in [0.29, 0.717) is 11.1 Å². The van der Waals surface area contributed by atoms with Gasteiger partial charge < -0.3 is 5.32 Å². The predicted octanol–water partition coefficient (Wildman–Crippen LogP) is 4.20. The molecule has 4 nitrogen and oxygen atoms in total. The quantitative estimate of drug-likeness (QED) is 0.725. The van der Waals surface area contributed by atoms with Crippen molar-refractivity contribution >= 4 is 21.8 Å². The second-order valence-corrected chi connectivity index (χ2v) is 7.97. The second kappa shape index (κ2) is 8.01. The van der Waals surface area contributed by atoms with Crippen LogP contribution in [0, 0.1) is 6.92 Å². The normalized spacial score (nSPS) is 11.8. The third-order valence-corrected chi connectivity index (χ3v) is 5.68. The summed E-state index contributed by atoms with van der Waals surface area (Å²) in [4.78, 5) is 12.7. The highest BCUT2D eigenvalue weighted by Crippen LogP contribution is 2.21. The zero-order valence-corrected chi connectivity index (χ0v) is 15.6. The van der Waals surface area contributed by atoms with E-state index in [0.717, 1.165) is 5.56 Å². The lowest BCUT2D eigenvalue weighted by Gasteiger charge is -2.12. The molecule has 136 valence electrons. The fourth-order valence-corrected chi connectivity index (χ4v) is 3.77. The molecule has 0 bridgehead atoms. The Kier molecular flexibility index (Phi) is 5.52. The average molecular weight is 377 g/mol. The number of amides is 1. The van der Waals surface area contributed by atoms with Crippen LogP contribution >= 0.6 is 0 Å². The van der Waals surface area contributed by atoms with Crippen LogP contribution in [0.2, 0.25) is 0 Å². The molecule has 0 radical (unpaired) electrons. The van der Waals surface area contributed by atoms with Crippen LogP contribution in [-0.4, -0.2) is 14.3 Å². The number of sulfone groups is 1. The average Bonchev–Trinajstić information content (AvgIpc) is 2.69. The minimum absolute atomic E-state index is 0.128. The van der Waals surface area contributed by atoms with Crippen molar-refractivity contribution < 1.29 is 13.2 Å². The van der Waals surface area contributed by atoms with Crippen LogP contribution < -0.4 is 5.32 Å². The fourth-order valence-electron chi connectivity index (χ4n) is 2.50. The second-order valence-electron chi connectivity index (χ2n) is 6.06. The molecule has 5 heteroatoms. The molecule has 3 rings (SSSR count). The van der Waals surface area contributed by atoms with E-state index in [9.17, 15) is 13.2 Å². The molecule has 3 aromatic carbocycles. The van der Waals surface area contributed by atoms with E-state index in [4.69, 9.17) is 0 Å². The Morgan fingerprint density at radius 1 is 0.815 bits per heavy atom. The predicted molar refractivity (Wildman–Crippen MR) is 107 cm³/mol. The van der Waals surface area contributed by atoms with Crippen LogP contribution in [0.5, 0.6) is 0 Å². The maximum Gasteiger partial charge on any atom is 0.256 e. The summed E-state index contributed by atoms with van der Waals surface area (Å²) in [6.45, 7) is 1.88. The highest BCUT2D eigenvalue weighted by molar-refractivity contribution is 7.95. The van der Waals surface area contributed by atoms with Gasteiger partial charge in [0.05, 0.1) is 4.90 Å². The molecule has 0 aliphatic carbocycles. The van der Waals surface area contributed by atoms with E-state index in [1.807, 2.05) is 13.0 Å². The van der Waals surface area contributed by atoms with Crippen molar-refractivity contribution in [1.29, 1.82) is 0 Å². The molecule has 0 heterocycles. The minimum atomic E-state index is -3.89. The minimum Gasteiger partial charge on any atom is -0.312 e. The molecular formula is C22H19NO3S. The number of hydrogen-bond donors (Lipinski definition) is 1. The van der Waals surface area contributed by atoms with Gasteiger partial charge in [0.25, 0.3) is 5.91 Å². The summed E-state index contributed by atoms with van der Waals surface area (Å²) in [7, 11) is -3.89. The number of carbonyl (C=O) groups excluding carboxylic acids is 1. The van der Waals surface area contributed by atoms with Gasteiger partial charge >= 0.3 is 0 Å². The van der Waals surface area contributed by atoms with Gasteiger partial charge in [0.15, 0.2) is 0 Å². The van der Waals surface area contributed by atoms with Crippen molar-refractivity contribution in [3.8, 4) is 0 Å². The molecule has 0 saturated heterocycles. The lowest BCUT2D eigenvalue weighted by atomic mass is 10.2. The molecule has 27 heavy (non-hydrogen) atoms. The van der Waals surface area contributed by atoms with E-state index in [2.05, 4.69) is 5.32 Å². The van der Waals surface area contributed by atoms with Gasteiger partial charge in [0, 0.05) is 5.56 Å². The smallest absolute Gasteiger partial charge is 0.256 e. The molecule has 1 amide bonds. The molecule has 0 aromatic heterocycles. The van der Waals surface area contributed by atoms with Crippen molar-refractivity contribution in [1.82, 2.24) is 5.32 Å². The van der Waals surface area contributed by atoms with Gasteiger partial charge in [-0.05, 0) is 42.8 Å². The summed E-state index contributed by atoms with van der Waals surface area (Å²) in [5, 5.41) is 2.41. The Balaban J connectivity index is 2.03. The monoisotopic (exact) mass is 377 g/mol. The van der Waals surface area contributed by atoms with Crippen LogP contribution in [0.4, 0.5) is 0 Å². The van der Waals surface area contributed by atoms with Gasteiger partial charge in [-0.25, -0.2) is 8.42 Å². The largest absolute Gasteiger partial charge is 0.312 e. The van der Waals surface area contributed by atoms with E-state index >= 15 is 0 Å². The maximum absolute atomic E-state index is 13.1. The summed E-state index contributed by atoms with van der Waals surface area (Å²) >= 11 is 0. The number of hydrogen-bond acceptors (Lipinski definition) is 3. The van der Waals surface area contributed by atoms with Crippen LogP contribution in [0.3, 0.4) is 0 Å². The van der Waals surface area contributed by atoms with Crippen molar-refractivity contribution in [2.24, 2.45) is 0 Å². The van der Waals surface area contributed by atoms with Crippen molar-refractivity contribution in [3.63, 3.8) is 0 Å². The first-order valence-electron chi connectivity index (χ1n) is 8.42. The number of rotatable bonds is 5. The number of aryl methyl sites for hydroxylation is 1.